The number of hydrogen-bond donors (Lipinski definition) is 0. The van der Waals surface area contributed by atoms with Gasteiger partial charge in [0, 0.05) is 22.4 Å². The third-order valence-electron chi connectivity index (χ3n) is 4.78. The van der Waals surface area contributed by atoms with Crippen LogP contribution < -0.4 is 0 Å². The zero-order chi connectivity index (χ0) is 17.1. The molecule has 25 heavy (non-hydrogen) atoms. The van der Waals surface area contributed by atoms with Gasteiger partial charge in [-0.15, -0.1) is 10.2 Å². The molecule has 0 spiro atoms. The molecule has 0 aliphatic carbocycles. The summed E-state index contributed by atoms with van der Waals surface area (Å²) in [5.74, 6) is 1.83. The number of nitrogens with zero attached hydrogens (tertiary/aromatic N) is 4. The molecule has 0 atom stereocenters. The first kappa shape index (κ1) is 15.0. The molecule has 5 rings (SSSR count). The average Bonchev–Trinajstić information content (AvgIpc) is 3.11. The normalized spacial score (nSPS) is 12.6. The molecule has 1 aliphatic heterocycles. The highest BCUT2D eigenvalue weighted by molar-refractivity contribution is 6.39. The van der Waals surface area contributed by atoms with Crippen LogP contribution in [-0.4, -0.2) is 19.3 Å². The molecule has 0 amide bonds. The van der Waals surface area contributed by atoms with Gasteiger partial charge in [-0.05, 0) is 24.3 Å². The number of hydrogen-bond acceptors (Lipinski definition) is 2. The molecule has 0 fully saturated rings. The van der Waals surface area contributed by atoms with Crippen LogP contribution in [0.3, 0.4) is 0 Å². The first-order chi connectivity index (χ1) is 12.2. The largest absolute Gasteiger partial charge is 0.331 e. The van der Waals surface area contributed by atoms with Gasteiger partial charge in [0.25, 0.3) is 0 Å². The van der Waals surface area contributed by atoms with E-state index in [0.29, 0.717) is 11.6 Å². The molecule has 4 nitrogen and oxygen atoms in total. The van der Waals surface area contributed by atoms with Gasteiger partial charge in [0.05, 0.1) is 28.5 Å². The fourth-order valence-corrected chi connectivity index (χ4v) is 4.22. The van der Waals surface area contributed by atoms with E-state index < -0.39 is 0 Å². The Kier molecular flexibility index (Phi) is 3.21. The number of benzene rings is 2. The Morgan fingerprint density at radius 3 is 2.76 bits per heavy atom. The Morgan fingerprint density at radius 2 is 1.92 bits per heavy atom. The number of halogens is 2. The Hall–Kier alpha value is -2.30. The number of rotatable bonds is 1. The number of aromatic nitrogens is 4. The van der Waals surface area contributed by atoms with E-state index in [4.69, 9.17) is 23.2 Å². The molecule has 0 unspecified atom stereocenters. The summed E-state index contributed by atoms with van der Waals surface area (Å²) in [5.41, 5.74) is 4.09. The Balaban J connectivity index is 1.97. The van der Waals surface area contributed by atoms with Crippen molar-refractivity contribution in [3.63, 3.8) is 0 Å². The predicted octanol–water partition coefficient (Wildman–Crippen LogP) is 5.12. The highest BCUT2D eigenvalue weighted by Gasteiger charge is 2.27. The first-order valence-electron chi connectivity index (χ1n) is 8.19. The lowest BCUT2D eigenvalue weighted by Crippen LogP contribution is -2.06. The van der Waals surface area contributed by atoms with Gasteiger partial charge in [-0.2, -0.15) is 0 Å². The topological polar surface area (TPSA) is 35.6 Å². The van der Waals surface area contributed by atoms with Crippen molar-refractivity contribution in [1.82, 2.24) is 19.3 Å². The minimum atomic E-state index is 0.613. The van der Waals surface area contributed by atoms with E-state index >= 15 is 0 Å². The average molecular weight is 369 g/mol. The van der Waals surface area contributed by atoms with Crippen molar-refractivity contribution in [2.45, 2.75) is 19.9 Å². The van der Waals surface area contributed by atoms with E-state index in [1.165, 1.54) is 0 Å². The maximum absolute atomic E-state index is 6.80. The molecule has 2 aromatic carbocycles. The lowest BCUT2D eigenvalue weighted by Gasteiger charge is -2.11. The molecule has 2 aromatic heterocycles. The summed E-state index contributed by atoms with van der Waals surface area (Å²) in [6.45, 7) is 2.70. The van der Waals surface area contributed by atoms with E-state index in [1.54, 1.807) is 0 Å². The Morgan fingerprint density at radius 1 is 1.08 bits per heavy atom. The summed E-state index contributed by atoms with van der Waals surface area (Å²) < 4.78 is 4.34. The molecule has 4 aromatic rings. The smallest absolute Gasteiger partial charge is 0.157 e. The molecule has 0 saturated carbocycles. The van der Waals surface area contributed by atoms with Gasteiger partial charge in [0.15, 0.2) is 5.82 Å². The van der Waals surface area contributed by atoms with Gasteiger partial charge in [-0.25, -0.2) is 0 Å². The summed E-state index contributed by atoms with van der Waals surface area (Å²) in [6.07, 6.45) is 0.804. The van der Waals surface area contributed by atoms with Gasteiger partial charge in [0.1, 0.15) is 5.82 Å². The number of para-hydroxylation sites is 1. The van der Waals surface area contributed by atoms with Crippen molar-refractivity contribution < 1.29 is 0 Å². The lowest BCUT2D eigenvalue weighted by atomic mass is 10.1. The summed E-state index contributed by atoms with van der Waals surface area (Å²) in [4.78, 5) is 0. The van der Waals surface area contributed by atoms with Gasteiger partial charge < -0.3 is 4.57 Å². The second-order valence-corrected chi connectivity index (χ2v) is 6.96. The molecule has 3 heterocycles. The minimum Gasteiger partial charge on any atom is -0.331 e. The summed E-state index contributed by atoms with van der Waals surface area (Å²) in [5, 5.41) is 11.3. The van der Waals surface area contributed by atoms with Crippen molar-refractivity contribution in [3.05, 3.63) is 64.2 Å². The summed E-state index contributed by atoms with van der Waals surface area (Å²) in [6, 6.07) is 14.1. The fourth-order valence-electron chi connectivity index (χ4n) is 3.69. The van der Waals surface area contributed by atoms with Crippen LogP contribution in [0.2, 0.25) is 10.0 Å². The van der Waals surface area contributed by atoms with E-state index in [1.807, 2.05) is 36.4 Å². The first-order valence-corrected chi connectivity index (χ1v) is 8.94. The van der Waals surface area contributed by atoms with Crippen LogP contribution in [0, 0.1) is 0 Å². The third kappa shape index (κ3) is 2.01. The monoisotopic (exact) mass is 368 g/mol. The van der Waals surface area contributed by atoms with Crippen LogP contribution in [0.25, 0.3) is 27.8 Å². The predicted molar refractivity (Wildman–Crippen MR) is 101 cm³/mol. The van der Waals surface area contributed by atoms with Crippen LogP contribution in [0.5, 0.6) is 0 Å². The highest BCUT2D eigenvalue weighted by atomic mass is 35.5. The van der Waals surface area contributed by atoms with Crippen LogP contribution in [0.1, 0.15) is 18.6 Å². The third-order valence-corrected chi connectivity index (χ3v) is 5.39. The van der Waals surface area contributed by atoms with E-state index in [-0.39, 0.29) is 0 Å². The van der Waals surface area contributed by atoms with E-state index in [0.717, 1.165) is 50.9 Å². The van der Waals surface area contributed by atoms with Crippen molar-refractivity contribution >= 4 is 34.1 Å². The van der Waals surface area contributed by atoms with E-state index in [2.05, 4.69) is 32.3 Å². The molecule has 0 radical (unpaired) electrons. The van der Waals surface area contributed by atoms with Gasteiger partial charge in [0.2, 0.25) is 0 Å². The zero-order valence-corrected chi connectivity index (χ0v) is 15.0. The van der Waals surface area contributed by atoms with Crippen molar-refractivity contribution in [2.24, 2.45) is 0 Å². The van der Waals surface area contributed by atoms with Crippen molar-refractivity contribution in [3.8, 4) is 16.9 Å². The minimum absolute atomic E-state index is 0.613. The second-order valence-electron chi connectivity index (χ2n) is 6.15. The molecule has 6 heteroatoms. The number of aryl methyl sites for hydroxylation is 1. The molecule has 124 valence electrons. The SMILES string of the molecule is CCc1nnc2n1-c1ccc(Cl)cc1-c1c(Cl)c3ccccc3n1C2. The van der Waals surface area contributed by atoms with Crippen LogP contribution in [0.4, 0.5) is 0 Å². The van der Waals surface area contributed by atoms with Crippen molar-refractivity contribution in [2.75, 3.05) is 0 Å². The summed E-state index contributed by atoms with van der Waals surface area (Å²) >= 11 is 13.1. The lowest BCUT2D eigenvalue weighted by molar-refractivity contribution is 0.761. The fraction of sp³-hybridized carbons (Fsp3) is 0.158. The molecular weight excluding hydrogens is 355 g/mol. The van der Waals surface area contributed by atoms with E-state index in [9.17, 15) is 0 Å². The maximum Gasteiger partial charge on any atom is 0.157 e. The second kappa shape index (κ2) is 5.35. The van der Waals surface area contributed by atoms with Crippen molar-refractivity contribution in [1.29, 1.82) is 0 Å². The molecule has 0 saturated heterocycles. The quantitative estimate of drug-likeness (QED) is 0.411. The summed E-state index contributed by atoms with van der Waals surface area (Å²) in [7, 11) is 0. The highest BCUT2D eigenvalue weighted by Crippen LogP contribution is 2.43. The Bertz CT molecular complexity index is 1140. The molecule has 0 N–H and O–H groups in total. The van der Waals surface area contributed by atoms with Gasteiger partial charge in [-0.3, -0.25) is 4.57 Å². The zero-order valence-electron chi connectivity index (χ0n) is 13.5. The number of fused-ring (bicyclic) bond motifs is 7. The molecule has 1 aliphatic rings. The van der Waals surface area contributed by atoms with Crippen LogP contribution >= 0.6 is 23.2 Å². The van der Waals surface area contributed by atoms with Gasteiger partial charge >= 0.3 is 0 Å². The van der Waals surface area contributed by atoms with Gasteiger partial charge in [-0.1, -0.05) is 48.3 Å². The Labute approximate surface area is 154 Å². The van der Waals surface area contributed by atoms with Crippen LogP contribution in [0.15, 0.2) is 42.5 Å². The maximum atomic E-state index is 6.80. The van der Waals surface area contributed by atoms with Crippen LogP contribution in [-0.2, 0) is 13.0 Å². The standard InChI is InChI=1S/C19H14Cl2N4/c1-2-16-22-23-17-10-24-14-6-4-3-5-12(14)18(21)19(24)13-9-11(20)7-8-15(13)25(16)17/h3-9H,2,10H2,1H3. The molecular formula is C19H14Cl2N4. The molecule has 0 bridgehead atoms.